The van der Waals surface area contributed by atoms with E-state index in [-0.39, 0.29) is 5.69 Å². The van der Waals surface area contributed by atoms with Crippen molar-refractivity contribution in [3.05, 3.63) is 83.6 Å². The van der Waals surface area contributed by atoms with E-state index >= 15 is 0 Å². The van der Waals surface area contributed by atoms with Crippen LogP contribution < -0.4 is 10.1 Å². The number of hydrogen-bond donors (Lipinski definition) is 1. The fraction of sp³-hybridized carbons (Fsp3) is 0.0476. The lowest BCUT2D eigenvalue weighted by Gasteiger charge is -2.09. The van der Waals surface area contributed by atoms with Crippen LogP contribution in [-0.2, 0) is 0 Å². The second-order valence-electron chi connectivity index (χ2n) is 5.94. The molecule has 0 bridgehead atoms. The Morgan fingerprint density at radius 2 is 1.89 bits per heavy atom. The van der Waals surface area contributed by atoms with Gasteiger partial charge in [-0.15, -0.1) is 11.3 Å². The SMILES string of the molecule is COc1ccc(-n2nc(-c3cccs3)cc2C(=O)Nc2ccccc2F)cc1. The molecular weight excluding hydrogens is 377 g/mol. The zero-order valence-electron chi connectivity index (χ0n) is 14.9. The zero-order chi connectivity index (χ0) is 19.5. The quantitative estimate of drug-likeness (QED) is 0.519. The molecule has 4 aromatic rings. The number of hydrogen-bond acceptors (Lipinski definition) is 4. The molecule has 0 unspecified atom stereocenters. The second kappa shape index (κ2) is 7.66. The number of amides is 1. The topological polar surface area (TPSA) is 56.2 Å². The van der Waals surface area contributed by atoms with Gasteiger partial charge < -0.3 is 10.1 Å². The maximum absolute atomic E-state index is 14.0. The van der Waals surface area contributed by atoms with Crippen molar-refractivity contribution in [1.82, 2.24) is 9.78 Å². The molecule has 0 radical (unpaired) electrons. The lowest BCUT2D eigenvalue weighted by atomic mass is 10.2. The predicted molar refractivity (Wildman–Crippen MR) is 108 cm³/mol. The Hall–Kier alpha value is -3.45. The minimum atomic E-state index is -0.496. The molecule has 0 aliphatic carbocycles. The first-order chi connectivity index (χ1) is 13.7. The van der Waals surface area contributed by atoms with Crippen LogP contribution in [0.4, 0.5) is 10.1 Å². The number of aromatic nitrogens is 2. The number of nitrogens with one attached hydrogen (secondary N) is 1. The first-order valence-electron chi connectivity index (χ1n) is 8.50. The summed E-state index contributed by atoms with van der Waals surface area (Å²) in [5.41, 5.74) is 1.79. The molecular formula is C21H16FN3O2S. The Kier molecular flexibility index (Phi) is 4.90. The van der Waals surface area contributed by atoms with Gasteiger partial charge in [-0.3, -0.25) is 4.79 Å². The van der Waals surface area contributed by atoms with Gasteiger partial charge in [-0.2, -0.15) is 5.10 Å². The van der Waals surface area contributed by atoms with E-state index in [1.807, 2.05) is 29.6 Å². The first-order valence-corrected chi connectivity index (χ1v) is 9.38. The summed E-state index contributed by atoms with van der Waals surface area (Å²) in [5, 5.41) is 9.16. The van der Waals surface area contributed by atoms with Gasteiger partial charge in [-0.05, 0) is 53.9 Å². The largest absolute Gasteiger partial charge is 0.497 e. The summed E-state index contributed by atoms with van der Waals surface area (Å²) in [7, 11) is 1.59. The molecule has 1 N–H and O–H groups in total. The third-order valence-electron chi connectivity index (χ3n) is 4.15. The van der Waals surface area contributed by atoms with Crippen LogP contribution in [0.5, 0.6) is 5.75 Å². The molecule has 0 saturated carbocycles. The van der Waals surface area contributed by atoms with E-state index in [4.69, 9.17) is 4.74 Å². The summed E-state index contributed by atoms with van der Waals surface area (Å²) >= 11 is 1.53. The molecule has 0 aliphatic heterocycles. The molecule has 2 aromatic heterocycles. The van der Waals surface area contributed by atoms with Gasteiger partial charge in [0.15, 0.2) is 0 Å². The van der Waals surface area contributed by atoms with Crippen LogP contribution in [0.2, 0.25) is 0 Å². The van der Waals surface area contributed by atoms with E-state index in [1.165, 1.54) is 23.5 Å². The average Bonchev–Trinajstić information content (AvgIpc) is 3.39. The molecule has 7 heteroatoms. The Bertz CT molecular complexity index is 1110. The molecule has 1 amide bonds. The van der Waals surface area contributed by atoms with Gasteiger partial charge in [0.25, 0.3) is 5.91 Å². The predicted octanol–water partition coefficient (Wildman–Crippen LogP) is 5.00. The van der Waals surface area contributed by atoms with Crippen LogP contribution in [0.15, 0.2) is 72.1 Å². The minimum Gasteiger partial charge on any atom is -0.497 e. The Balaban J connectivity index is 1.75. The van der Waals surface area contributed by atoms with Gasteiger partial charge in [-0.25, -0.2) is 9.07 Å². The van der Waals surface area contributed by atoms with Crippen LogP contribution in [0.1, 0.15) is 10.5 Å². The smallest absolute Gasteiger partial charge is 0.274 e. The van der Waals surface area contributed by atoms with Crippen LogP contribution in [0.25, 0.3) is 16.3 Å². The van der Waals surface area contributed by atoms with Crippen LogP contribution in [-0.4, -0.2) is 22.8 Å². The molecule has 2 heterocycles. The maximum atomic E-state index is 14.0. The summed E-state index contributed by atoms with van der Waals surface area (Å²) in [6, 6.07) is 18.8. The van der Waals surface area contributed by atoms with Gasteiger partial charge >= 0.3 is 0 Å². The Morgan fingerprint density at radius 1 is 1.11 bits per heavy atom. The van der Waals surface area contributed by atoms with E-state index in [0.717, 1.165) is 4.88 Å². The average molecular weight is 393 g/mol. The fourth-order valence-electron chi connectivity index (χ4n) is 2.76. The summed E-state index contributed by atoms with van der Waals surface area (Å²) in [6.07, 6.45) is 0. The second-order valence-corrected chi connectivity index (χ2v) is 6.88. The molecule has 0 spiro atoms. The third-order valence-corrected chi connectivity index (χ3v) is 5.05. The molecule has 5 nitrogen and oxygen atoms in total. The lowest BCUT2D eigenvalue weighted by Crippen LogP contribution is -2.17. The molecule has 28 heavy (non-hydrogen) atoms. The monoisotopic (exact) mass is 393 g/mol. The highest BCUT2D eigenvalue weighted by atomic mass is 32.1. The van der Waals surface area contributed by atoms with Crippen molar-refractivity contribution in [3.8, 4) is 22.0 Å². The van der Waals surface area contributed by atoms with Crippen molar-refractivity contribution in [2.24, 2.45) is 0 Å². The van der Waals surface area contributed by atoms with Crippen molar-refractivity contribution in [2.45, 2.75) is 0 Å². The van der Waals surface area contributed by atoms with Crippen molar-refractivity contribution in [3.63, 3.8) is 0 Å². The number of anilines is 1. The van der Waals surface area contributed by atoms with Crippen molar-refractivity contribution < 1.29 is 13.9 Å². The van der Waals surface area contributed by atoms with Crippen LogP contribution in [0, 0.1) is 5.82 Å². The molecule has 0 aliphatic rings. The highest BCUT2D eigenvalue weighted by molar-refractivity contribution is 7.13. The summed E-state index contributed by atoms with van der Waals surface area (Å²) in [5.74, 6) is -0.243. The van der Waals surface area contributed by atoms with E-state index in [2.05, 4.69) is 10.4 Å². The van der Waals surface area contributed by atoms with Gasteiger partial charge in [-0.1, -0.05) is 18.2 Å². The van der Waals surface area contributed by atoms with E-state index in [9.17, 15) is 9.18 Å². The summed E-state index contributed by atoms with van der Waals surface area (Å²) in [6.45, 7) is 0. The van der Waals surface area contributed by atoms with Gasteiger partial charge in [0.2, 0.25) is 0 Å². The number of nitrogens with zero attached hydrogens (tertiary/aromatic N) is 2. The number of benzene rings is 2. The van der Waals surface area contributed by atoms with Gasteiger partial charge in [0.1, 0.15) is 23.0 Å². The fourth-order valence-corrected chi connectivity index (χ4v) is 3.44. The zero-order valence-corrected chi connectivity index (χ0v) is 15.7. The molecule has 0 fully saturated rings. The standard InChI is InChI=1S/C21H16FN3O2S/c1-27-15-10-8-14(9-11-15)25-19(13-18(24-25)20-7-4-12-28-20)21(26)23-17-6-3-2-5-16(17)22/h2-13H,1H3,(H,23,26). The van der Waals surface area contributed by atoms with Crippen molar-refractivity contribution >= 4 is 22.9 Å². The Morgan fingerprint density at radius 3 is 2.57 bits per heavy atom. The molecule has 0 atom stereocenters. The van der Waals surface area contributed by atoms with E-state index in [0.29, 0.717) is 22.8 Å². The number of para-hydroxylation sites is 1. The minimum absolute atomic E-state index is 0.118. The number of carbonyl (C=O) groups excluding carboxylic acids is 1. The Labute approximate surface area is 165 Å². The first kappa shape index (κ1) is 17.9. The molecule has 2 aromatic carbocycles. The van der Waals surface area contributed by atoms with Gasteiger partial charge in [0.05, 0.1) is 23.4 Å². The molecule has 140 valence electrons. The highest BCUT2D eigenvalue weighted by Crippen LogP contribution is 2.27. The molecule has 4 rings (SSSR count). The van der Waals surface area contributed by atoms with Crippen LogP contribution in [0.3, 0.4) is 0 Å². The summed E-state index contributed by atoms with van der Waals surface area (Å²) in [4.78, 5) is 13.8. The number of halogens is 1. The van der Waals surface area contributed by atoms with Crippen molar-refractivity contribution in [2.75, 3.05) is 12.4 Å². The maximum Gasteiger partial charge on any atom is 0.274 e. The highest BCUT2D eigenvalue weighted by Gasteiger charge is 2.19. The van der Waals surface area contributed by atoms with E-state index < -0.39 is 11.7 Å². The van der Waals surface area contributed by atoms with Gasteiger partial charge in [0, 0.05) is 0 Å². The third kappa shape index (κ3) is 3.52. The number of rotatable bonds is 5. The normalized spacial score (nSPS) is 10.6. The number of ether oxygens (including phenoxy) is 1. The van der Waals surface area contributed by atoms with Crippen molar-refractivity contribution in [1.29, 1.82) is 0 Å². The number of carbonyl (C=O) groups is 1. The van der Waals surface area contributed by atoms with Crippen LogP contribution >= 0.6 is 11.3 Å². The number of methoxy groups -OCH3 is 1. The molecule has 0 saturated heterocycles. The number of thiophene rings is 1. The lowest BCUT2D eigenvalue weighted by molar-refractivity contribution is 0.101. The summed E-state index contributed by atoms with van der Waals surface area (Å²) < 4.78 is 20.7. The van der Waals surface area contributed by atoms with E-state index in [1.54, 1.807) is 42.1 Å².